The van der Waals surface area contributed by atoms with Crippen LogP contribution < -0.4 is 0 Å². The first-order chi connectivity index (χ1) is 22.8. The summed E-state index contributed by atoms with van der Waals surface area (Å²) in [5, 5.41) is 5.30. The molecule has 9 aromatic rings. The molecule has 0 aliphatic rings. The summed E-state index contributed by atoms with van der Waals surface area (Å²) in [5.41, 5.74) is 9.03. The number of benzene rings is 5. The first-order valence-electron chi connectivity index (χ1n) is 15.3. The second-order valence-electron chi connectivity index (χ2n) is 11.4. The van der Waals surface area contributed by atoms with E-state index in [0.717, 1.165) is 77.3 Å². The highest BCUT2D eigenvalue weighted by Crippen LogP contribution is 2.36. The number of hydrogen-bond donors (Lipinski definition) is 0. The number of aromatic nitrogens is 5. The average Bonchev–Trinajstić information content (AvgIpc) is 3.14. The Morgan fingerprint density at radius 2 is 1.02 bits per heavy atom. The van der Waals surface area contributed by atoms with Crippen LogP contribution in [0.4, 0.5) is 0 Å². The van der Waals surface area contributed by atoms with Crippen LogP contribution in [0.25, 0.3) is 88.8 Å². The Bertz CT molecular complexity index is 2520. The molecule has 0 saturated heterocycles. The minimum atomic E-state index is 0.661. The molecule has 5 nitrogen and oxygen atoms in total. The van der Waals surface area contributed by atoms with Crippen LogP contribution in [-0.2, 0) is 0 Å². The molecule has 0 saturated carbocycles. The molecular formula is C41H25N5. The minimum absolute atomic E-state index is 0.661. The van der Waals surface area contributed by atoms with Crippen molar-refractivity contribution in [2.75, 3.05) is 0 Å². The lowest BCUT2D eigenvalue weighted by molar-refractivity contribution is 1.18. The topological polar surface area (TPSA) is 64.5 Å². The second-order valence-corrected chi connectivity index (χ2v) is 11.4. The van der Waals surface area contributed by atoms with Gasteiger partial charge in [-0.15, -0.1) is 0 Å². The molecule has 0 fully saturated rings. The highest BCUT2D eigenvalue weighted by Gasteiger charge is 2.16. The number of nitrogens with zero attached hydrogens (tertiary/aromatic N) is 5. The van der Waals surface area contributed by atoms with Crippen molar-refractivity contribution in [2.24, 2.45) is 0 Å². The first kappa shape index (κ1) is 26.1. The van der Waals surface area contributed by atoms with Crippen molar-refractivity contribution in [3.05, 3.63) is 152 Å². The third-order valence-electron chi connectivity index (χ3n) is 8.49. The van der Waals surface area contributed by atoms with Gasteiger partial charge in [-0.2, -0.15) is 0 Å². The predicted molar refractivity (Wildman–Crippen MR) is 187 cm³/mol. The number of pyridine rings is 3. The molecule has 0 spiro atoms. The van der Waals surface area contributed by atoms with Crippen molar-refractivity contribution in [1.82, 2.24) is 24.9 Å². The van der Waals surface area contributed by atoms with Gasteiger partial charge in [0.25, 0.3) is 0 Å². The van der Waals surface area contributed by atoms with Gasteiger partial charge in [-0.05, 0) is 29.7 Å². The Balaban J connectivity index is 1.25. The van der Waals surface area contributed by atoms with E-state index in [1.54, 1.807) is 0 Å². The third-order valence-corrected chi connectivity index (χ3v) is 8.49. The Morgan fingerprint density at radius 1 is 0.370 bits per heavy atom. The number of fused-ring (bicyclic) bond motifs is 6. The zero-order chi connectivity index (χ0) is 30.5. The number of hydrogen-bond acceptors (Lipinski definition) is 5. The molecule has 0 aliphatic heterocycles. The third kappa shape index (κ3) is 4.45. The van der Waals surface area contributed by atoms with E-state index >= 15 is 0 Å². The van der Waals surface area contributed by atoms with Gasteiger partial charge >= 0.3 is 0 Å². The lowest BCUT2D eigenvalue weighted by Crippen LogP contribution is -1.97. The smallest absolute Gasteiger partial charge is 0.161 e. The zero-order valence-electron chi connectivity index (χ0n) is 24.7. The van der Waals surface area contributed by atoms with Crippen LogP contribution in [0.3, 0.4) is 0 Å². The van der Waals surface area contributed by atoms with E-state index in [9.17, 15) is 0 Å². The maximum Gasteiger partial charge on any atom is 0.161 e. The molecule has 0 unspecified atom stereocenters. The van der Waals surface area contributed by atoms with Gasteiger partial charge in [-0.3, -0.25) is 4.98 Å². The fourth-order valence-electron chi connectivity index (χ4n) is 6.26. The van der Waals surface area contributed by atoms with Gasteiger partial charge in [0.15, 0.2) is 11.5 Å². The quantitative estimate of drug-likeness (QED) is 0.151. The van der Waals surface area contributed by atoms with E-state index in [1.165, 1.54) is 0 Å². The number of rotatable bonds is 4. The van der Waals surface area contributed by atoms with E-state index in [-0.39, 0.29) is 0 Å². The summed E-state index contributed by atoms with van der Waals surface area (Å²) < 4.78 is 0. The Kier molecular flexibility index (Phi) is 6.06. The van der Waals surface area contributed by atoms with Gasteiger partial charge in [-0.1, -0.05) is 121 Å². The molecule has 0 atom stereocenters. The van der Waals surface area contributed by atoms with Crippen LogP contribution in [0.15, 0.2) is 152 Å². The summed E-state index contributed by atoms with van der Waals surface area (Å²) in [6, 6.07) is 49.8. The molecular weight excluding hydrogens is 562 g/mol. The van der Waals surface area contributed by atoms with Gasteiger partial charge in [0.2, 0.25) is 0 Å². The van der Waals surface area contributed by atoms with Crippen molar-refractivity contribution >= 4 is 43.6 Å². The molecule has 0 aliphatic carbocycles. The average molecular weight is 588 g/mol. The molecule has 0 amide bonds. The fourth-order valence-corrected chi connectivity index (χ4v) is 6.26. The lowest BCUT2D eigenvalue weighted by Gasteiger charge is -2.13. The highest BCUT2D eigenvalue weighted by atomic mass is 14.9. The molecule has 9 rings (SSSR count). The zero-order valence-corrected chi connectivity index (χ0v) is 24.7. The van der Waals surface area contributed by atoms with Crippen molar-refractivity contribution in [3.8, 4) is 45.2 Å². The Labute approximate surface area is 264 Å². The maximum absolute atomic E-state index is 5.22. The normalized spacial score (nSPS) is 11.5. The van der Waals surface area contributed by atoms with Gasteiger partial charge < -0.3 is 0 Å². The standard InChI is InChI=1S/C41H25N5/c1-3-11-26(12-4-1)35-25-36(27-13-5-2-6-14-27)44-40(43-35)31-16-9-15-29(23-31)37-33-19-8-7-18-32(33)34-24-30-21-20-28-17-10-22-42-38(28)39(30)46-41(34)45-37/h1-25H. The van der Waals surface area contributed by atoms with Crippen LogP contribution >= 0.6 is 0 Å². The Morgan fingerprint density at radius 3 is 1.78 bits per heavy atom. The van der Waals surface area contributed by atoms with E-state index in [4.69, 9.17) is 19.9 Å². The van der Waals surface area contributed by atoms with E-state index in [2.05, 4.69) is 108 Å². The van der Waals surface area contributed by atoms with Gasteiger partial charge in [0.1, 0.15) is 0 Å². The molecule has 46 heavy (non-hydrogen) atoms. The molecule has 5 heteroatoms. The van der Waals surface area contributed by atoms with Gasteiger partial charge in [0, 0.05) is 50.0 Å². The molecule has 214 valence electrons. The molecule has 0 bridgehead atoms. The second kappa shape index (κ2) is 10.7. The minimum Gasteiger partial charge on any atom is -0.254 e. The van der Waals surface area contributed by atoms with E-state index in [1.807, 2.05) is 48.7 Å². The molecule has 4 aromatic heterocycles. The van der Waals surface area contributed by atoms with Crippen molar-refractivity contribution < 1.29 is 0 Å². The van der Waals surface area contributed by atoms with E-state index in [0.29, 0.717) is 11.5 Å². The van der Waals surface area contributed by atoms with Crippen molar-refractivity contribution in [1.29, 1.82) is 0 Å². The predicted octanol–water partition coefficient (Wildman–Crippen LogP) is 9.94. The summed E-state index contributed by atoms with van der Waals surface area (Å²) >= 11 is 0. The van der Waals surface area contributed by atoms with Crippen LogP contribution in [0.2, 0.25) is 0 Å². The SMILES string of the molecule is c1ccc(-c2cc(-c3ccccc3)nc(-c3cccc(-c4nc5nc6c(ccc7cccnc76)cc5c5ccccc45)c3)n2)cc1. The monoisotopic (exact) mass is 587 g/mol. The maximum atomic E-state index is 5.22. The van der Waals surface area contributed by atoms with Crippen molar-refractivity contribution in [2.45, 2.75) is 0 Å². The largest absolute Gasteiger partial charge is 0.254 e. The summed E-state index contributed by atoms with van der Waals surface area (Å²) in [5.74, 6) is 0.661. The van der Waals surface area contributed by atoms with E-state index < -0.39 is 0 Å². The van der Waals surface area contributed by atoms with Crippen LogP contribution in [0, 0.1) is 0 Å². The van der Waals surface area contributed by atoms with Crippen LogP contribution in [-0.4, -0.2) is 24.9 Å². The van der Waals surface area contributed by atoms with Gasteiger partial charge in [0.05, 0.1) is 28.1 Å². The summed E-state index contributed by atoms with van der Waals surface area (Å²) in [4.78, 5) is 25.1. The molecule has 0 N–H and O–H groups in total. The van der Waals surface area contributed by atoms with Crippen molar-refractivity contribution in [3.63, 3.8) is 0 Å². The summed E-state index contributed by atoms with van der Waals surface area (Å²) in [6.07, 6.45) is 1.82. The van der Waals surface area contributed by atoms with Crippen LogP contribution in [0.5, 0.6) is 0 Å². The molecule has 0 radical (unpaired) electrons. The summed E-state index contributed by atoms with van der Waals surface area (Å²) in [7, 11) is 0. The molecule has 4 heterocycles. The Hall–Kier alpha value is -6.33. The first-order valence-corrected chi connectivity index (χ1v) is 15.3. The summed E-state index contributed by atoms with van der Waals surface area (Å²) in [6.45, 7) is 0. The molecule has 5 aromatic carbocycles. The highest BCUT2D eigenvalue weighted by molar-refractivity contribution is 6.14. The van der Waals surface area contributed by atoms with Gasteiger partial charge in [-0.25, -0.2) is 19.9 Å². The van der Waals surface area contributed by atoms with Crippen LogP contribution in [0.1, 0.15) is 0 Å². The lowest BCUT2D eigenvalue weighted by atomic mass is 9.99. The fraction of sp³-hybridized carbons (Fsp3) is 0.